The number of phenolic OH excluding ortho intramolecular Hbond substituents is 1. The lowest BCUT2D eigenvalue weighted by Crippen LogP contribution is -2.07. The Kier molecular flexibility index (Phi) is 5.17. The first-order chi connectivity index (χ1) is 12.4. The first-order valence-corrected chi connectivity index (χ1v) is 9.35. The van der Waals surface area contributed by atoms with Crippen LogP contribution >= 0.6 is 0 Å². The van der Waals surface area contributed by atoms with Crippen LogP contribution in [0.4, 0.5) is 0 Å². The summed E-state index contributed by atoms with van der Waals surface area (Å²) >= 11 is 0. The van der Waals surface area contributed by atoms with Crippen molar-refractivity contribution in [3.05, 3.63) is 64.0 Å². The Labute approximate surface area is 154 Å². The Morgan fingerprint density at radius 1 is 0.923 bits per heavy atom. The summed E-state index contributed by atoms with van der Waals surface area (Å²) in [5, 5.41) is 10.4. The van der Waals surface area contributed by atoms with E-state index in [-0.39, 0.29) is 11.4 Å². The maximum atomic E-state index is 12.6. The Hall–Kier alpha value is -2.55. The van der Waals surface area contributed by atoms with Crippen molar-refractivity contribution in [3.8, 4) is 16.9 Å². The summed E-state index contributed by atoms with van der Waals surface area (Å²) in [5.74, 6) is 0.929. The van der Waals surface area contributed by atoms with Crippen LogP contribution in [-0.4, -0.2) is 5.11 Å². The fourth-order valence-corrected chi connectivity index (χ4v) is 3.28. The van der Waals surface area contributed by atoms with E-state index < -0.39 is 0 Å². The van der Waals surface area contributed by atoms with Gasteiger partial charge in [-0.2, -0.15) is 0 Å². The predicted molar refractivity (Wildman–Crippen MR) is 107 cm³/mol. The van der Waals surface area contributed by atoms with Gasteiger partial charge in [0.25, 0.3) is 0 Å². The minimum atomic E-state index is -0.371. The van der Waals surface area contributed by atoms with Crippen molar-refractivity contribution in [1.29, 1.82) is 0 Å². The largest absolute Gasteiger partial charge is 0.508 e. The summed E-state index contributed by atoms with van der Waals surface area (Å²) in [4.78, 5) is 12.6. The van der Waals surface area contributed by atoms with E-state index in [1.807, 2.05) is 6.07 Å². The molecular weight excluding hydrogens is 324 g/mol. The third kappa shape index (κ3) is 3.39. The molecule has 3 nitrogen and oxygen atoms in total. The van der Waals surface area contributed by atoms with Gasteiger partial charge < -0.3 is 9.52 Å². The van der Waals surface area contributed by atoms with Gasteiger partial charge in [0.2, 0.25) is 0 Å². The number of fused-ring (bicyclic) bond motifs is 1. The average Bonchev–Trinajstić information content (AvgIpc) is 2.65. The van der Waals surface area contributed by atoms with Crippen LogP contribution in [0.2, 0.25) is 0 Å². The van der Waals surface area contributed by atoms with Crippen LogP contribution in [0.1, 0.15) is 63.5 Å². The smallest absolute Gasteiger partial charge is 0.344 e. The van der Waals surface area contributed by atoms with E-state index in [4.69, 9.17) is 4.42 Å². The molecule has 0 aliphatic carbocycles. The van der Waals surface area contributed by atoms with E-state index in [9.17, 15) is 9.90 Å². The number of phenols is 1. The van der Waals surface area contributed by atoms with Crippen LogP contribution < -0.4 is 5.63 Å². The van der Waals surface area contributed by atoms with E-state index >= 15 is 0 Å². The zero-order valence-corrected chi connectivity index (χ0v) is 15.9. The lowest BCUT2D eigenvalue weighted by molar-refractivity contribution is 0.473. The van der Waals surface area contributed by atoms with Crippen molar-refractivity contribution < 1.29 is 9.52 Å². The molecule has 0 radical (unpaired) electrons. The molecule has 2 unspecified atom stereocenters. The second kappa shape index (κ2) is 7.36. The first-order valence-electron chi connectivity index (χ1n) is 9.35. The quantitative estimate of drug-likeness (QED) is 0.558. The maximum Gasteiger partial charge on any atom is 0.344 e. The van der Waals surface area contributed by atoms with Crippen LogP contribution in [0.25, 0.3) is 22.1 Å². The van der Waals surface area contributed by atoms with Crippen LogP contribution in [0, 0.1) is 0 Å². The molecule has 2 aromatic carbocycles. The Balaban J connectivity index is 2.22. The average molecular weight is 350 g/mol. The van der Waals surface area contributed by atoms with Gasteiger partial charge in [0, 0.05) is 11.5 Å². The molecular formula is C23H26O3. The van der Waals surface area contributed by atoms with Crippen molar-refractivity contribution in [3.63, 3.8) is 0 Å². The molecule has 2 atom stereocenters. The van der Waals surface area contributed by atoms with Gasteiger partial charge in [0.15, 0.2) is 0 Å². The number of hydrogen-bond acceptors (Lipinski definition) is 3. The number of aromatic hydroxyl groups is 1. The zero-order chi connectivity index (χ0) is 18.8. The van der Waals surface area contributed by atoms with Gasteiger partial charge in [0.05, 0.1) is 5.56 Å². The molecule has 0 bridgehead atoms. The second-order valence-electron chi connectivity index (χ2n) is 7.13. The molecule has 3 heteroatoms. The van der Waals surface area contributed by atoms with Gasteiger partial charge in [-0.1, -0.05) is 45.9 Å². The van der Waals surface area contributed by atoms with Crippen molar-refractivity contribution in [2.45, 2.75) is 52.4 Å². The highest BCUT2D eigenvalue weighted by Gasteiger charge is 2.17. The molecule has 0 spiro atoms. The lowest BCUT2D eigenvalue weighted by Gasteiger charge is -2.19. The summed E-state index contributed by atoms with van der Waals surface area (Å²) in [6.45, 7) is 8.77. The number of benzene rings is 2. The van der Waals surface area contributed by atoms with E-state index in [1.54, 1.807) is 12.1 Å². The Bertz CT molecular complexity index is 984. The highest BCUT2D eigenvalue weighted by Crippen LogP contribution is 2.34. The molecule has 1 heterocycles. The molecule has 0 amide bonds. The lowest BCUT2D eigenvalue weighted by atomic mass is 9.86. The van der Waals surface area contributed by atoms with Gasteiger partial charge in [-0.05, 0) is 59.6 Å². The van der Waals surface area contributed by atoms with Gasteiger partial charge in [-0.25, -0.2) is 4.79 Å². The maximum absolute atomic E-state index is 12.6. The number of hydrogen-bond donors (Lipinski definition) is 1. The number of rotatable bonds is 5. The Morgan fingerprint density at radius 3 is 2.35 bits per heavy atom. The first kappa shape index (κ1) is 18.2. The molecule has 3 rings (SSSR count). The third-order valence-corrected chi connectivity index (χ3v) is 5.41. The van der Waals surface area contributed by atoms with E-state index in [1.165, 1.54) is 17.2 Å². The molecule has 0 saturated heterocycles. The monoisotopic (exact) mass is 350 g/mol. The summed E-state index contributed by atoms with van der Waals surface area (Å²) in [5.41, 5.74) is 4.05. The molecule has 26 heavy (non-hydrogen) atoms. The molecule has 1 aromatic heterocycles. The van der Waals surface area contributed by atoms with Crippen molar-refractivity contribution in [1.82, 2.24) is 0 Å². The van der Waals surface area contributed by atoms with Crippen LogP contribution in [-0.2, 0) is 0 Å². The van der Waals surface area contributed by atoms with Crippen molar-refractivity contribution in [2.24, 2.45) is 0 Å². The SMILES string of the molecule is CCC(C)c1ccc(-c2cc3ccc(O)cc3oc2=O)c(C(C)CC)c1. The normalized spacial score (nSPS) is 13.7. The predicted octanol–water partition coefficient (Wildman–Crippen LogP) is 6.19. The molecule has 3 aromatic rings. The van der Waals surface area contributed by atoms with Crippen LogP contribution in [0.5, 0.6) is 5.75 Å². The van der Waals surface area contributed by atoms with Crippen molar-refractivity contribution >= 4 is 11.0 Å². The van der Waals surface area contributed by atoms with Crippen LogP contribution in [0.3, 0.4) is 0 Å². The van der Waals surface area contributed by atoms with Gasteiger partial charge >= 0.3 is 5.63 Å². The molecule has 136 valence electrons. The third-order valence-electron chi connectivity index (χ3n) is 5.41. The minimum absolute atomic E-state index is 0.0894. The molecule has 0 saturated carbocycles. The molecule has 0 aliphatic rings. The summed E-state index contributed by atoms with van der Waals surface area (Å²) in [7, 11) is 0. The van der Waals surface area contributed by atoms with Gasteiger partial charge in [-0.3, -0.25) is 0 Å². The van der Waals surface area contributed by atoms with Crippen LogP contribution in [0.15, 0.2) is 51.7 Å². The van der Waals surface area contributed by atoms with E-state index in [0.717, 1.165) is 23.8 Å². The molecule has 0 fully saturated rings. The summed E-state index contributed by atoms with van der Waals surface area (Å²) in [6, 6.07) is 13.1. The second-order valence-corrected chi connectivity index (χ2v) is 7.13. The summed E-state index contributed by atoms with van der Waals surface area (Å²) < 4.78 is 5.48. The fraction of sp³-hybridized carbons (Fsp3) is 0.348. The Morgan fingerprint density at radius 2 is 1.65 bits per heavy atom. The van der Waals surface area contributed by atoms with E-state index in [2.05, 4.69) is 45.9 Å². The fourth-order valence-electron chi connectivity index (χ4n) is 3.28. The van der Waals surface area contributed by atoms with E-state index in [0.29, 0.717) is 23.0 Å². The standard InChI is InChI=1S/C23H26O3/c1-5-14(3)16-8-10-19(20(11-16)15(4)6-2)21-12-17-7-9-18(24)13-22(17)26-23(21)25/h7-15,24H,5-6H2,1-4H3. The highest BCUT2D eigenvalue weighted by molar-refractivity contribution is 5.83. The topological polar surface area (TPSA) is 50.4 Å². The zero-order valence-electron chi connectivity index (χ0n) is 15.9. The van der Waals surface area contributed by atoms with Crippen molar-refractivity contribution in [2.75, 3.05) is 0 Å². The summed E-state index contributed by atoms with van der Waals surface area (Å²) in [6.07, 6.45) is 2.09. The minimum Gasteiger partial charge on any atom is -0.508 e. The molecule has 0 aliphatic heterocycles. The molecule has 1 N–H and O–H groups in total. The van der Waals surface area contributed by atoms with Gasteiger partial charge in [-0.15, -0.1) is 0 Å². The highest BCUT2D eigenvalue weighted by atomic mass is 16.4. The van der Waals surface area contributed by atoms with Gasteiger partial charge in [0.1, 0.15) is 11.3 Å².